The second-order valence-electron chi connectivity index (χ2n) is 3.67. The minimum absolute atomic E-state index is 0.317. The zero-order valence-electron chi connectivity index (χ0n) is 8.63. The monoisotopic (exact) mass is 227 g/mol. The molecule has 1 aliphatic heterocycles. The van der Waals surface area contributed by atoms with E-state index >= 15 is 0 Å². The lowest BCUT2D eigenvalue weighted by Crippen LogP contribution is -2.32. The van der Waals surface area contributed by atoms with Crippen LogP contribution in [0.15, 0.2) is 12.1 Å². The first-order valence-electron chi connectivity index (χ1n) is 5.08. The quantitative estimate of drug-likeness (QED) is 0.758. The van der Waals surface area contributed by atoms with E-state index in [1.165, 1.54) is 12.1 Å². The van der Waals surface area contributed by atoms with E-state index < -0.39 is 5.97 Å². The van der Waals surface area contributed by atoms with Crippen LogP contribution in [0.2, 0.25) is 0 Å². The van der Waals surface area contributed by atoms with Crippen molar-refractivity contribution >= 4 is 5.97 Å². The predicted molar refractivity (Wildman–Crippen MR) is 52.9 cm³/mol. The molecule has 0 radical (unpaired) electrons. The number of carbonyl (C=O) groups is 1. The molecule has 1 unspecified atom stereocenters. The Hall–Kier alpha value is -1.69. The normalized spacial score (nSPS) is 20.6. The lowest BCUT2D eigenvalue weighted by molar-refractivity contribution is -0.154. The minimum atomic E-state index is -0.512. The Morgan fingerprint density at radius 2 is 2.12 bits per heavy atom. The van der Waals surface area contributed by atoms with Crippen LogP contribution < -0.4 is 4.84 Å². The molecular formula is C10H13NO5. The molecule has 0 saturated carbocycles. The summed E-state index contributed by atoms with van der Waals surface area (Å²) in [5, 5.41) is 18.5. The summed E-state index contributed by atoms with van der Waals surface area (Å²) in [4.78, 5) is 16.5. The molecule has 0 amide bonds. The van der Waals surface area contributed by atoms with Gasteiger partial charge in [-0.1, -0.05) is 0 Å². The number of nitrogens with zero attached hydrogens (tertiary/aromatic N) is 1. The largest absolute Gasteiger partial charge is 0.492 e. The first kappa shape index (κ1) is 10.8. The molecule has 2 heterocycles. The number of hydrogen-bond acceptors (Lipinski definition) is 5. The Labute approximate surface area is 92.0 Å². The van der Waals surface area contributed by atoms with E-state index in [2.05, 4.69) is 0 Å². The van der Waals surface area contributed by atoms with E-state index in [-0.39, 0.29) is 17.7 Å². The highest BCUT2D eigenvalue weighted by molar-refractivity contribution is 5.73. The standard InChI is InChI=1S/C10H13NO5/c12-8-3-4-9(13)11(8)16-10(14)7-2-1-5-15-6-7/h3-4,7,12-13H,1-2,5-6H2. The molecule has 6 heteroatoms. The first-order chi connectivity index (χ1) is 7.68. The predicted octanol–water partition coefficient (Wildman–Crippen LogP) is 0.281. The van der Waals surface area contributed by atoms with Gasteiger partial charge in [0.15, 0.2) is 0 Å². The van der Waals surface area contributed by atoms with E-state index in [1.54, 1.807) is 0 Å². The SMILES string of the molecule is O=C(On1c(O)ccc1O)C1CCCOC1. The van der Waals surface area contributed by atoms with Crippen molar-refractivity contribution in [2.75, 3.05) is 13.2 Å². The van der Waals surface area contributed by atoms with Crippen molar-refractivity contribution in [3.63, 3.8) is 0 Å². The first-order valence-corrected chi connectivity index (χ1v) is 5.08. The van der Waals surface area contributed by atoms with Gasteiger partial charge in [0.05, 0.1) is 12.5 Å². The maximum Gasteiger partial charge on any atom is 0.338 e. The highest BCUT2D eigenvalue weighted by atomic mass is 16.7. The molecule has 16 heavy (non-hydrogen) atoms. The number of aromatic nitrogens is 1. The van der Waals surface area contributed by atoms with Crippen molar-refractivity contribution in [3.8, 4) is 11.8 Å². The highest BCUT2D eigenvalue weighted by Gasteiger charge is 2.25. The maximum absolute atomic E-state index is 11.6. The van der Waals surface area contributed by atoms with Gasteiger partial charge in [0.2, 0.25) is 11.8 Å². The van der Waals surface area contributed by atoms with Gasteiger partial charge in [0, 0.05) is 18.7 Å². The third-order valence-electron chi connectivity index (χ3n) is 2.47. The fraction of sp³-hybridized carbons (Fsp3) is 0.500. The van der Waals surface area contributed by atoms with Gasteiger partial charge in [-0.3, -0.25) is 0 Å². The fourth-order valence-corrected chi connectivity index (χ4v) is 1.59. The van der Waals surface area contributed by atoms with E-state index in [0.29, 0.717) is 24.4 Å². The van der Waals surface area contributed by atoms with Crippen molar-refractivity contribution in [2.45, 2.75) is 12.8 Å². The van der Waals surface area contributed by atoms with Crippen LogP contribution in [0.3, 0.4) is 0 Å². The van der Waals surface area contributed by atoms with Crippen LogP contribution in [0.25, 0.3) is 0 Å². The van der Waals surface area contributed by atoms with Crippen LogP contribution in [0.1, 0.15) is 12.8 Å². The third kappa shape index (κ3) is 2.11. The number of hydrogen-bond donors (Lipinski definition) is 2. The van der Waals surface area contributed by atoms with E-state index in [1.807, 2.05) is 0 Å². The maximum atomic E-state index is 11.6. The number of aromatic hydroxyl groups is 2. The van der Waals surface area contributed by atoms with Gasteiger partial charge in [0.25, 0.3) is 0 Å². The lowest BCUT2D eigenvalue weighted by Gasteiger charge is -2.20. The zero-order chi connectivity index (χ0) is 11.5. The lowest BCUT2D eigenvalue weighted by atomic mass is 10.0. The van der Waals surface area contributed by atoms with Crippen LogP contribution in [0, 0.1) is 5.92 Å². The van der Waals surface area contributed by atoms with Crippen molar-refractivity contribution in [3.05, 3.63) is 12.1 Å². The Kier molecular flexibility index (Phi) is 3.00. The molecule has 2 rings (SSSR count). The molecule has 2 N–H and O–H groups in total. The van der Waals surface area contributed by atoms with Crippen molar-refractivity contribution in [1.82, 2.24) is 4.73 Å². The summed E-state index contributed by atoms with van der Waals surface area (Å²) >= 11 is 0. The van der Waals surface area contributed by atoms with E-state index in [4.69, 9.17) is 9.57 Å². The smallest absolute Gasteiger partial charge is 0.338 e. The molecule has 0 bridgehead atoms. The van der Waals surface area contributed by atoms with Gasteiger partial charge >= 0.3 is 5.97 Å². The molecular weight excluding hydrogens is 214 g/mol. The van der Waals surface area contributed by atoms with Crippen molar-refractivity contribution in [2.24, 2.45) is 5.92 Å². The molecule has 1 fully saturated rings. The van der Waals surface area contributed by atoms with Gasteiger partial charge in [-0.05, 0) is 12.8 Å². The van der Waals surface area contributed by atoms with Gasteiger partial charge in [-0.25, -0.2) is 4.79 Å². The van der Waals surface area contributed by atoms with Crippen molar-refractivity contribution in [1.29, 1.82) is 0 Å². The van der Waals surface area contributed by atoms with Gasteiger partial charge in [-0.2, -0.15) is 0 Å². The molecule has 0 aliphatic carbocycles. The van der Waals surface area contributed by atoms with E-state index in [0.717, 1.165) is 6.42 Å². The molecule has 1 saturated heterocycles. The summed E-state index contributed by atoms with van der Waals surface area (Å²) in [5.41, 5.74) is 0. The average molecular weight is 227 g/mol. The fourth-order valence-electron chi connectivity index (χ4n) is 1.59. The van der Waals surface area contributed by atoms with Crippen LogP contribution in [-0.4, -0.2) is 34.1 Å². The molecule has 1 aliphatic rings. The molecule has 0 spiro atoms. The Bertz CT molecular complexity index is 361. The van der Waals surface area contributed by atoms with Gasteiger partial charge in [-0.15, -0.1) is 4.73 Å². The molecule has 1 aromatic rings. The second kappa shape index (κ2) is 4.44. The topological polar surface area (TPSA) is 80.9 Å². The highest BCUT2D eigenvalue weighted by Crippen LogP contribution is 2.20. The van der Waals surface area contributed by atoms with Crippen LogP contribution in [-0.2, 0) is 9.53 Å². The summed E-state index contributed by atoms with van der Waals surface area (Å²) in [6, 6.07) is 2.47. The Morgan fingerprint density at radius 3 is 2.69 bits per heavy atom. The Morgan fingerprint density at radius 1 is 1.44 bits per heavy atom. The van der Waals surface area contributed by atoms with Gasteiger partial charge < -0.3 is 19.8 Å². The summed E-state index contributed by atoms with van der Waals surface area (Å²) in [6.45, 7) is 0.978. The van der Waals surface area contributed by atoms with Crippen molar-refractivity contribution < 1.29 is 24.6 Å². The number of ether oxygens (including phenoxy) is 1. The molecule has 0 aromatic carbocycles. The van der Waals surface area contributed by atoms with Crippen LogP contribution in [0.5, 0.6) is 11.8 Å². The Balaban J connectivity index is 2.01. The average Bonchev–Trinajstić information content (AvgIpc) is 2.62. The summed E-state index contributed by atoms with van der Waals surface area (Å²) in [6.07, 6.45) is 1.50. The van der Waals surface area contributed by atoms with Gasteiger partial charge in [0.1, 0.15) is 0 Å². The molecule has 1 atom stereocenters. The minimum Gasteiger partial charge on any atom is -0.492 e. The summed E-state index contributed by atoms with van der Waals surface area (Å²) < 4.78 is 5.84. The third-order valence-corrected chi connectivity index (χ3v) is 2.47. The molecule has 1 aromatic heterocycles. The summed E-state index contributed by atoms with van der Waals surface area (Å²) in [7, 11) is 0. The van der Waals surface area contributed by atoms with Crippen LogP contribution in [0.4, 0.5) is 0 Å². The van der Waals surface area contributed by atoms with Crippen LogP contribution >= 0.6 is 0 Å². The second-order valence-corrected chi connectivity index (χ2v) is 3.67. The van der Waals surface area contributed by atoms with E-state index in [9.17, 15) is 15.0 Å². The zero-order valence-corrected chi connectivity index (χ0v) is 8.63. The molecule has 6 nitrogen and oxygen atoms in total. The summed E-state index contributed by atoms with van der Waals surface area (Å²) in [5.74, 6) is -1.48. The molecule has 88 valence electrons. The number of rotatable bonds is 2. The number of carbonyl (C=O) groups excluding carboxylic acids is 1.